The van der Waals surface area contributed by atoms with Crippen molar-refractivity contribution in [2.75, 3.05) is 19.6 Å². The molecule has 1 unspecified atom stereocenters. The van der Waals surface area contributed by atoms with Crippen LogP contribution in [0.25, 0.3) is 0 Å². The summed E-state index contributed by atoms with van der Waals surface area (Å²) in [5.74, 6) is 0.991. The van der Waals surface area contributed by atoms with Crippen molar-refractivity contribution < 1.29 is 0 Å². The van der Waals surface area contributed by atoms with Gasteiger partial charge in [-0.25, -0.2) is 0 Å². The van der Waals surface area contributed by atoms with Crippen molar-refractivity contribution >= 4 is 0 Å². The van der Waals surface area contributed by atoms with Crippen molar-refractivity contribution in [2.24, 2.45) is 5.92 Å². The lowest BCUT2D eigenvalue weighted by molar-refractivity contribution is 0.0903. The van der Waals surface area contributed by atoms with E-state index in [1.54, 1.807) is 0 Å². The molecule has 76 valence electrons. The highest BCUT2D eigenvalue weighted by Gasteiger charge is 2.36. The minimum atomic E-state index is 0.356. The summed E-state index contributed by atoms with van der Waals surface area (Å²) >= 11 is 0. The Morgan fingerprint density at radius 3 is 2.46 bits per heavy atom. The van der Waals surface area contributed by atoms with Crippen molar-refractivity contribution in [3.05, 3.63) is 0 Å². The van der Waals surface area contributed by atoms with Crippen LogP contribution in [0.4, 0.5) is 0 Å². The molecular weight excluding hydrogens is 160 g/mol. The second kappa shape index (κ2) is 3.25. The number of rotatable bonds is 1. The number of nitrogens with zero attached hydrogens (tertiary/aromatic N) is 1. The van der Waals surface area contributed by atoms with Gasteiger partial charge >= 0.3 is 0 Å². The molecule has 0 spiro atoms. The maximum absolute atomic E-state index is 3.64. The molecule has 2 fully saturated rings. The SMILES string of the molecule is CC(C)(C)N1CCNC(C2CC2)C1. The fourth-order valence-corrected chi connectivity index (χ4v) is 2.20. The maximum atomic E-state index is 3.64. The zero-order valence-electron chi connectivity index (χ0n) is 9.14. The van der Waals surface area contributed by atoms with Gasteiger partial charge in [0.25, 0.3) is 0 Å². The molecule has 0 aromatic rings. The quantitative estimate of drug-likeness (QED) is 0.660. The molecule has 1 N–H and O–H groups in total. The Bertz CT molecular complexity index is 179. The van der Waals surface area contributed by atoms with Gasteiger partial charge in [-0.05, 0) is 39.5 Å². The van der Waals surface area contributed by atoms with Crippen LogP contribution in [0.2, 0.25) is 0 Å². The Hall–Kier alpha value is -0.0800. The first-order valence-electron chi connectivity index (χ1n) is 5.56. The summed E-state index contributed by atoms with van der Waals surface area (Å²) < 4.78 is 0. The molecule has 1 aliphatic carbocycles. The van der Waals surface area contributed by atoms with Gasteiger partial charge in [-0.2, -0.15) is 0 Å². The Morgan fingerprint density at radius 2 is 1.92 bits per heavy atom. The third kappa shape index (κ3) is 2.23. The second-order valence-electron chi connectivity index (χ2n) is 5.51. The van der Waals surface area contributed by atoms with E-state index in [0.29, 0.717) is 5.54 Å². The predicted octanol–water partition coefficient (Wildman–Crippen LogP) is 1.47. The molecule has 2 rings (SSSR count). The van der Waals surface area contributed by atoms with E-state index >= 15 is 0 Å². The molecule has 0 radical (unpaired) electrons. The summed E-state index contributed by atoms with van der Waals surface area (Å²) in [5.41, 5.74) is 0.356. The van der Waals surface area contributed by atoms with Gasteiger partial charge in [0.1, 0.15) is 0 Å². The van der Waals surface area contributed by atoms with Gasteiger partial charge in [-0.3, -0.25) is 4.90 Å². The largest absolute Gasteiger partial charge is 0.311 e. The van der Waals surface area contributed by atoms with E-state index in [0.717, 1.165) is 12.0 Å². The number of piperazine rings is 1. The van der Waals surface area contributed by atoms with Gasteiger partial charge in [0.15, 0.2) is 0 Å². The van der Waals surface area contributed by atoms with Gasteiger partial charge in [-0.1, -0.05) is 0 Å². The van der Waals surface area contributed by atoms with Gasteiger partial charge in [0.05, 0.1) is 0 Å². The van der Waals surface area contributed by atoms with Crippen LogP contribution < -0.4 is 5.32 Å². The van der Waals surface area contributed by atoms with Crippen LogP contribution in [0.15, 0.2) is 0 Å². The van der Waals surface area contributed by atoms with E-state index in [2.05, 4.69) is 31.0 Å². The first kappa shape index (κ1) is 9.47. The number of nitrogens with one attached hydrogen (secondary N) is 1. The minimum Gasteiger partial charge on any atom is -0.311 e. The molecule has 1 saturated heterocycles. The molecule has 0 amide bonds. The first-order valence-corrected chi connectivity index (χ1v) is 5.56. The second-order valence-corrected chi connectivity index (χ2v) is 5.51. The molecule has 1 heterocycles. The highest BCUT2D eigenvalue weighted by molar-refractivity contribution is 4.93. The van der Waals surface area contributed by atoms with E-state index < -0.39 is 0 Å². The monoisotopic (exact) mass is 182 g/mol. The highest BCUT2D eigenvalue weighted by atomic mass is 15.2. The Labute approximate surface area is 81.7 Å². The van der Waals surface area contributed by atoms with Gasteiger partial charge < -0.3 is 5.32 Å². The number of hydrogen-bond acceptors (Lipinski definition) is 2. The van der Waals surface area contributed by atoms with Crippen LogP contribution in [0.5, 0.6) is 0 Å². The van der Waals surface area contributed by atoms with Crippen LogP contribution in [0.3, 0.4) is 0 Å². The molecule has 0 bridgehead atoms. The summed E-state index contributed by atoms with van der Waals surface area (Å²) in [7, 11) is 0. The molecule has 1 aliphatic heterocycles. The van der Waals surface area contributed by atoms with Gasteiger partial charge in [-0.15, -0.1) is 0 Å². The zero-order valence-corrected chi connectivity index (χ0v) is 9.14. The summed E-state index contributed by atoms with van der Waals surface area (Å²) in [5, 5.41) is 3.64. The molecule has 1 saturated carbocycles. The minimum absolute atomic E-state index is 0.356. The molecular formula is C11H22N2. The van der Waals surface area contributed by atoms with E-state index in [1.807, 2.05) is 0 Å². The summed E-state index contributed by atoms with van der Waals surface area (Å²) in [6, 6.07) is 0.785. The van der Waals surface area contributed by atoms with Crippen molar-refractivity contribution in [3.8, 4) is 0 Å². The summed E-state index contributed by atoms with van der Waals surface area (Å²) in [6.07, 6.45) is 2.91. The van der Waals surface area contributed by atoms with Crippen molar-refractivity contribution in [1.29, 1.82) is 0 Å². The van der Waals surface area contributed by atoms with Crippen LogP contribution >= 0.6 is 0 Å². The molecule has 2 aliphatic rings. The molecule has 0 aromatic carbocycles. The topological polar surface area (TPSA) is 15.3 Å². The van der Waals surface area contributed by atoms with Crippen LogP contribution in [0.1, 0.15) is 33.6 Å². The lowest BCUT2D eigenvalue weighted by atomic mass is 10.0. The molecule has 2 nitrogen and oxygen atoms in total. The fourth-order valence-electron chi connectivity index (χ4n) is 2.20. The smallest absolute Gasteiger partial charge is 0.0223 e. The first-order chi connectivity index (χ1) is 6.07. The average molecular weight is 182 g/mol. The third-order valence-corrected chi connectivity index (χ3v) is 3.35. The van der Waals surface area contributed by atoms with Gasteiger partial charge in [0.2, 0.25) is 0 Å². The Morgan fingerprint density at radius 1 is 1.23 bits per heavy atom. The van der Waals surface area contributed by atoms with Crippen LogP contribution in [-0.2, 0) is 0 Å². The highest BCUT2D eigenvalue weighted by Crippen LogP contribution is 2.34. The zero-order chi connectivity index (χ0) is 9.47. The van der Waals surface area contributed by atoms with Crippen LogP contribution in [-0.4, -0.2) is 36.1 Å². The van der Waals surface area contributed by atoms with Crippen molar-refractivity contribution in [2.45, 2.75) is 45.2 Å². The lowest BCUT2D eigenvalue weighted by Gasteiger charge is -2.42. The van der Waals surface area contributed by atoms with Crippen molar-refractivity contribution in [3.63, 3.8) is 0 Å². The molecule has 13 heavy (non-hydrogen) atoms. The average Bonchev–Trinajstić information content (AvgIpc) is 2.85. The molecule has 0 aromatic heterocycles. The van der Waals surface area contributed by atoms with Crippen LogP contribution in [0, 0.1) is 5.92 Å². The summed E-state index contributed by atoms with van der Waals surface area (Å²) in [6.45, 7) is 10.6. The fraction of sp³-hybridized carbons (Fsp3) is 1.00. The summed E-state index contributed by atoms with van der Waals surface area (Å²) in [4.78, 5) is 2.62. The van der Waals surface area contributed by atoms with E-state index in [9.17, 15) is 0 Å². The van der Waals surface area contributed by atoms with Gasteiger partial charge in [0, 0.05) is 31.2 Å². The lowest BCUT2D eigenvalue weighted by Crippen LogP contribution is -2.57. The standard InChI is InChI=1S/C11H22N2/c1-11(2,3)13-7-6-12-10(8-13)9-4-5-9/h9-10,12H,4-8H2,1-3H3. The van der Waals surface area contributed by atoms with Crippen molar-refractivity contribution in [1.82, 2.24) is 10.2 Å². The Balaban J connectivity index is 1.91. The Kier molecular flexibility index (Phi) is 2.37. The number of hydrogen-bond donors (Lipinski definition) is 1. The predicted molar refractivity (Wildman–Crippen MR) is 55.8 cm³/mol. The normalized spacial score (nSPS) is 32.1. The maximum Gasteiger partial charge on any atom is 0.0223 e. The molecule has 2 heteroatoms. The van der Waals surface area contributed by atoms with E-state index in [4.69, 9.17) is 0 Å². The third-order valence-electron chi connectivity index (χ3n) is 3.35. The van der Waals surface area contributed by atoms with E-state index in [1.165, 1.54) is 32.5 Å². The van der Waals surface area contributed by atoms with E-state index in [-0.39, 0.29) is 0 Å². The molecule has 1 atom stereocenters.